The average Bonchev–Trinajstić information content (AvgIpc) is 3.63. The topological polar surface area (TPSA) is 65.6 Å². The Kier molecular flexibility index (Phi) is 8.36. The molecule has 4 aliphatic rings. The van der Waals surface area contributed by atoms with Crippen molar-refractivity contribution < 1.29 is 28.0 Å². The monoisotopic (exact) mass is 676 g/mol. The van der Waals surface area contributed by atoms with E-state index in [-0.39, 0.29) is 22.5 Å². The fraction of sp³-hybridized carbons (Fsp3) is 0.300. The number of hydroxylamine groups is 4. The standard InChI is InChI=1S/C40H38F2N4O4/c41-29-9-13-31(14-10-29)45-27-39(33-5-1-3-7-35(33)45)19-23-43(24-20-39)49-37(47)17-18-38(48)50-44-25-21-40(22-26-44)28-46(32-15-11-30(42)12-16-32)36-8-4-2-6-34(36)40/h1-18H,19-28H2/b18-17-. The number of carbonyl (C=O) groups is 2. The number of hydrogen-bond acceptors (Lipinski definition) is 8. The number of anilines is 4. The van der Waals surface area contributed by atoms with Gasteiger partial charge >= 0.3 is 11.9 Å². The van der Waals surface area contributed by atoms with Gasteiger partial charge in [-0.1, -0.05) is 36.4 Å². The van der Waals surface area contributed by atoms with Gasteiger partial charge in [0, 0.05) is 85.0 Å². The second-order valence-electron chi connectivity index (χ2n) is 13.7. The van der Waals surface area contributed by atoms with E-state index in [4.69, 9.17) is 9.68 Å². The highest BCUT2D eigenvalue weighted by atomic mass is 19.1. The number of nitrogens with zero attached hydrogens (tertiary/aromatic N) is 4. The predicted octanol–water partition coefficient (Wildman–Crippen LogP) is 7.11. The highest BCUT2D eigenvalue weighted by Gasteiger charge is 2.47. The van der Waals surface area contributed by atoms with Gasteiger partial charge in [-0.25, -0.2) is 18.4 Å². The normalized spacial score (nSPS) is 19.6. The second kappa shape index (κ2) is 13.0. The molecule has 10 heteroatoms. The molecule has 8 rings (SSSR count). The van der Waals surface area contributed by atoms with Gasteiger partial charge in [-0.3, -0.25) is 0 Å². The largest absolute Gasteiger partial charge is 0.364 e. The first-order valence-corrected chi connectivity index (χ1v) is 17.2. The Labute approximate surface area is 290 Å². The van der Waals surface area contributed by atoms with Crippen LogP contribution in [0.3, 0.4) is 0 Å². The summed E-state index contributed by atoms with van der Waals surface area (Å²) in [5.41, 5.74) is 6.42. The van der Waals surface area contributed by atoms with Crippen LogP contribution in [0.4, 0.5) is 31.5 Å². The number of para-hydroxylation sites is 2. The van der Waals surface area contributed by atoms with Gasteiger partial charge in [0.15, 0.2) is 0 Å². The van der Waals surface area contributed by atoms with E-state index < -0.39 is 11.9 Å². The van der Waals surface area contributed by atoms with Crippen LogP contribution in [0.2, 0.25) is 0 Å². The molecule has 4 aromatic rings. The number of carbonyl (C=O) groups excluding carboxylic acids is 2. The zero-order chi connectivity index (χ0) is 34.3. The summed E-state index contributed by atoms with van der Waals surface area (Å²) in [5.74, 6) is -1.78. The number of halogens is 2. The van der Waals surface area contributed by atoms with Gasteiger partial charge in [0.2, 0.25) is 0 Å². The third-order valence-corrected chi connectivity index (χ3v) is 10.9. The number of piperidine rings is 2. The zero-order valence-corrected chi connectivity index (χ0v) is 27.6. The van der Waals surface area contributed by atoms with Crippen LogP contribution in [0.5, 0.6) is 0 Å². The van der Waals surface area contributed by atoms with Crippen molar-refractivity contribution in [3.8, 4) is 0 Å². The maximum Gasteiger partial charge on any atom is 0.349 e. The SMILES string of the molecule is O=C(/C=C\C(=O)ON1CCC2(CC1)CN(c1ccc(F)cc1)c1ccccc12)ON1CCC2(CC1)CN(c1ccc(F)cc1)c1ccccc12. The first-order valence-electron chi connectivity index (χ1n) is 17.2. The van der Waals surface area contributed by atoms with Gasteiger partial charge in [0.1, 0.15) is 11.6 Å². The average molecular weight is 677 g/mol. The molecule has 4 aromatic carbocycles. The molecular weight excluding hydrogens is 638 g/mol. The summed E-state index contributed by atoms with van der Waals surface area (Å²) in [4.78, 5) is 41.1. The molecular formula is C40H38F2N4O4. The van der Waals surface area contributed by atoms with Crippen LogP contribution < -0.4 is 9.80 Å². The van der Waals surface area contributed by atoms with E-state index in [1.165, 1.54) is 35.4 Å². The molecule has 4 aliphatic heterocycles. The molecule has 8 nitrogen and oxygen atoms in total. The van der Waals surface area contributed by atoms with E-state index in [1.807, 2.05) is 24.3 Å². The van der Waals surface area contributed by atoms with Crippen molar-refractivity contribution in [1.29, 1.82) is 0 Å². The van der Waals surface area contributed by atoms with Gasteiger partial charge in [-0.05, 0) is 97.5 Å². The quantitative estimate of drug-likeness (QED) is 0.201. The van der Waals surface area contributed by atoms with E-state index >= 15 is 0 Å². The Morgan fingerprint density at radius 2 is 0.900 bits per heavy atom. The first kappa shape index (κ1) is 32.2. The fourth-order valence-electron chi connectivity index (χ4n) is 8.28. The maximum atomic E-state index is 13.6. The lowest BCUT2D eigenvalue weighted by molar-refractivity contribution is -0.193. The van der Waals surface area contributed by atoms with Crippen molar-refractivity contribution in [3.05, 3.63) is 132 Å². The molecule has 256 valence electrons. The zero-order valence-electron chi connectivity index (χ0n) is 27.6. The van der Waals surface area contributed by atoms with Crippen molar-refractivity contribution in [3.63, 3.8) is 0 Å². The highest BCUT2D eigenvalue weighted by Crippen LogP contribution is 2.51. The third kappa shape index (κ3) is 6.03. The maximum absolute atomic E-state index is 13.6. The smallest absolute Gasteiger partial charge is 0.349 e. The van der Waals surface area contributed by atoms with Crippen LogP contribution in [0.15, 0.2) is 109 Å². The fourth-order valence-corrected chi connectivity index (χ4v) is 8.28. The third-order valence-electron chi connectivity index (χ3n) is 10.9. The van der Waals surface area contributed by atoms with Crippen LogP contribution in [-0.4, -0.2) is 61.3 Å². The number of hydrogen-bond donors (Lipinski definition) is 0. The summed E-state index contributed by atoms with van der Waals surface area (Å²) in [6.45, 7) is 3.73. The summed E-state index contributed by atoms with van der Waals surface area (Å²) in [6, 6.07) is 29.8. The van der Waals surface area contributed by atoms with E-state index in [9.17, 15) is 18.4 Å². The minimum absolute atomic E-state index is 0.111. The van der Waals surface area contributed by atoms with Crippen LogP contribution >= 0.6 is 0 Å². The minimum Gasteiger partial charge on any atom is -0.364 e. The number of fused-ring (bicyclic) bond motifs is 4. The Balaban J connectivity index is 0.830. The Morgan fingerprint density at radius 3 is 1.28 bits per heavy atom. The van der Waals surface area contributed by atoms with Crippen LogP contribution in [-0.2, 0) is 30.1 Å². The lowest BCUT2D eigenvalue weighted by atomic mass is 9.74. The summed E-state index contributed by atoms with van der Waals surface area (Å²) >= 11 is 0. The molecule has 50 heavy (non-hydrogen) atoms. The van der Waals surface area contributed by atoms with E-state index in [2.05, 4.69) is 34.1 Å². The van der Waals surface area contributed by atoms with Crippen molar-refractivity contribution >= 4 is 34.7 Å². The molecule has 0 N–H and O–H groups in total. The number of rotatable bonds is 6. The van der Waals surface area contributed by atoms with Crippen LogP contribution in [0.1, 0.15) is 36.8 Å². The van der Waals surface area contributed by atoms with Gasteiger partial charge in [-0.15, -0.1) is 10.1 Å². The Morgan fingerprint density at radius 1 is 0.540 bits per heavy atom. The molecule has 2 fully saturated rings. The van der Waals surface area contributed by atoms with Gasteiger partial charge in [-0.2, -0.15) is 0 Å². The first-order chi connectivity index (χ1) is 24.3. The van der Waals surface area contributed by atoms with Crippen molar-refractivity contribution in [1.82, 2.24) is 10.1 Å². The molecule has 0 radical (unpaired) electrons. The molecule has 0 bridgehead atoms. The molecule has 2 saturated heterocycles. The molecule has 0 aromatic heterocycles. The predicted molar refractivity (Wildman–Crippen MR) is 186 cm³/mol. The molecule has 0 unspecified atom stereocenters. The van der Waals surface area contributed by atoms with Crippen LogP contribution in [0.25, 0.3) is 0 Å². The molecule has 4 heterocycles. The Hall–Kier alpha value is -5.06. The second-order valence-corrected chi connectivity index (χ2v) is 13.7. The van der Waals surface area contributed by atoms with Gasteiger partial charge in [0.25, 0.3) is 0 Å². The van der Waals surface area contributed by atoms with Crippen molar-refractivity contribution in [2.24, 2.45) is 0 Å². The molecule has 0 amide bonds. The van der Waals surface area contributed by atoms with E-state index in [1.54, 1.807) is 34.4 Å². The Bertz CT molecular complexity index is 1780. The minimum atomic E-state index is -0.626. The summed E-state index contributed by atoms with van der Waals surface area (Å²) in [5, 5.41) is 3.32. The summed E-state index contributed by atoms with van der Waals surface area (Å²) < 4.78 is 27.2. The highest BCUT2D eigenvalue weighted by molar-refractivity contribution is 5.91. The van der Waals surface area contributed by atoms with E-state index in [0.717, 1.165) is 73.7 Å². The van der Waals surface area contributed by atoms with Gasteiger partial charge < -0.3 is 19.5 Å². The number of benzene rings is 4. The lowest BCUT2D eigenvalue weighted by Crippen LogP contribution is -2.45. The summed E-state index contributed by atoms with van der Waals surface area (Å²) in [7, 11) is 0. The van der Waals surface area contributed by atoms with Gasteiger partial charge in [0.05, 0.1) is 0 Å². The van der Waals surface area contributed by atoms with Crippen molar-refractivity contribution in [2.75, 3.05) is 49.1 Å². The van der Waals surface area contributed by atoms with Crippen molar-refractivity contribution in [2.45, 2.75) is 36.5 Å². The molecule has 0 aliphatic carbocycles. The molecule has 2 spiro atoms. The summed E-state index contributed by atoms with van der Waals surface area (Å²) in [6.07, 6.45) is 5.36. The molecule has 0 saturated carbocycles. The van der Waals surface area contributed by atoms with Crippen LogP contribution in [0, 0.1) is 11.6 Å². The lowest BCUT2D eigenvalue weighted by Gasteiger charge is -2.38. The van der Waals surface area contributed by atoms with E-state index in [0.29, 0.717) is 26.2 Å². The molecule has 0 atom stereocenters.